The Bertz CT molecular complexity index is 737. The normalized spacial score (nSPS) is 10.4. The lowest BCUT2D eigenvalue weighted by atomic mass is 10.2. The van der Waals surface area contributed by atoms with Gasteiger partial charge in [0.25, 0.3) is 5.91 Å². The van der Waals surface area contributed by atoms with Crippen LogP contribution in [0.15, 0.2) is 36.4 Å². The van der Waals surface area contributed by atoms with Gasteiger partial charge in [-0.2, -0.15) is 0 Å². The van der Waals surface area contributed by atoms with E-state index in [1.807, 2.05) is 0 Å². The molecule has 0 saturated carbocycles. The summed E-state index contributed by atoms with van der Waals surface area (Å²) in [6, 6.07) is 8.02. The highest BCUT2D eigenvalue weighted by atomic mass is 16.8. The maximum absolute atomic E-state index is 12.0. The van der Waals surface area contributed by atoms with Gasteiger partial charge in [-0.1, -0.05) is 0 Å². The Kier molecular flexibility index (Phi) is 7.47. The monoisotopic (exact) mass is 380 g/mol. The summed E-state index contributed by atoms with van der Waals surface area (Å²) in [4.78, 5) is 28.3. The molecule has 0 saturated heterocycles. The van der Waals surface area contributed by atoms with Crippen LogP contribution in [0.2, 0.25) is 0 Å². The molecule has 0 spiro atoms. The first-order valence-electron chi connectivity index (χ1n) is 7.96. The first-order chi connectivity index (χ1) is 13.0. The van der Waals surface area contributed by atoms with Gasteiger partial charge in [-0.15, -0.1) is 4.73 Å². The van der Waals surface area contributed by atoms with Crippen LogP contribution >= 0.6 is 0 Å². The fourth-order valence-corrected chi connectivity index (χ4v) is 1.94. The fraction of sp³-hybridized carbons (Fsp3) is 0.294. The number of rotatable bonds is 9. The van der Waals surface area contributed by atoms with Crippen molar-refractivity contribution in [3.05, 3.63) is 42.0 Å². The second kappa shape index (κ2) is 10.0. The number of hydrogen-bond acceptors (Lipinski definition) is 8. The van der Waals surface area contributed by atoms with Crippen molar-refractivity contribution < 1.29 is 38.9 Å². The maximum atomic E-state index is 12.0. The van der Waals surface area contributed by atoms with Gasteiger partial charge in [0.1, 0.15) is 5.75 Å². The highest BCUT2D eigenvalue weighted by molar-refractivity contribution is 5.94. The fourth-order valence-electron chi connectivity index (χ4n) is 1.94. The van der Waals surface area contributed by atoms with Gasteiger partial charge < -0.3 is 29.7 Å². The van der Waals surface area contributed by atoms with Crippen LogP contribution in [-0.4, -0.2) is 60.5 Å². The number of benzene rings is 1. The van der Waals surface area contributed by atoms with E-state index in [4.69, 9.17) is 14.2 Å². The van der Waals surface area contributed by atoms with Gasteiger partial charge in [0.2, 0.25) is 11.8 Å². The minimum Gasteiger partial charge on any atom is -0.492 e. The van der Waals surface area contributed by atoms with Gasteiger partial charge in [0, 0.05) is 31.4 Å². The first kappa shape index (κ1) is 20.1. The predicted octanol–water partition coefficient (Wildman–Crippen LogP) is 0.920. The van der Waals surface area contributed by atoms with Crippen LogP contribution in [0.3, 0.4) is 0 Å². The summed E-state index contributed by atoms with van der Waals surface area (Å²) in [6.45, 7) is 1.65. The zero-order chi connectivity index (χ0) is 19.6. The van der Waals surface area contributed by atoms with Crippen molar-refractivity contribution in [3.8, 4) is 17.5 Å². The van der Waals surface area contributed by atoms with E-state index in [0.717, 1.165) is 12.1 Å². The number of carbonyl (C=O) groups excluding carboxylic acids is 2. The third-order valence-corrected chi connectivity index (χ3v) is 3.24. The molecule has 0 aliphatic rings. The van der Waals surface area contributed by atoms with E-state index in [2.05, 4.69) is 10.2 Å². The molecule has 0 fully saturated rings. The van der Waals surface area contributed by atoms with E-state index in [9.17, 15) is 19.8 Å². The highest BCUT2D eigenvalue weighted by Crippen LogP contribution is 2.19. The number of amides is 1. The number of nitrogens with zero attached hydrogens (tertiary/aromatic N) is 1. The minimum atomic E-state index is -1.18. The summed E-state index contributed by atoms with van der Waals surface area (Å²) in [7, 11) is 1.58. The summed E-state index contributed by atoms with van der Waals surface area (Å²) in [5.74, 6) is -1.13. The van der Waals surface area contributed by atoms with Gasteiger partial charge in [-0.25, -0.2) is 4.79 Å². The number of methoxy groups -OCH3 is 1. The molecule has 0 radical (unpaired) electrons. The standard InChI is InChI=1S/C17H20N2O8/c1-24-10-11-25-9-8-18-16(22)12-2-4-13(5-3-12)26-17(23)27-19-14(20)6-7-15(19)21/h2-7,20-21H,8-11H2,1H3,(H,18,22). The van der Waals surface area contributed by atoms with Crippen LogP contribution in [-0.2, 0) is 9.47 Å². The first-order valence-corrected chi connectivity index (χ1v) is 7.96. The smallest absolute Gasteiger partial charge is 0.492 e. The number of hydrogen-bond donors (Lipinski definition) is 3. The summed E-state index contributed by atoms with van der Waals surface area (Å²) in [6.07, 6.45) is -1.18. The second-order valence-corrected chi connectivity index (χ2v) is 5.17. The molecule has 3 N–H and O–H groups in total. The van der Waals surface area contributed by atoms with Crippen molar-refractivity contribution in [2.75, 3.05) is 33.5 Å². The van der Waals surface area contributed by atoms with E-state index in [0.29, 0.717) is 36.7 Å². The van der Waals surface area contributed by atoms with E-state index >= 15 is 0 Å². The van der Waals surface area contributed by atoms with Gasteiger partial charge >= 0.3 is 6.16 Å². The quantitative estimate of drug-likeness (QED) is 0.333. The van der Waals surface area contributed by atoms with E-state index in [1.54, 1.807) is 7.11 Å². The number of ether oxygens (including phenoxy) is 3. The van der Waals surface area contributed by atoms with E-state index in [-0.39, 0.29) is 11.7 Å². The molecule has 0 aliphatic carbocycles. The van der Waals surface area contributed by atoms with Crippen LogP contribution in [0.5, 0.6) is 17.5 Å². The molecule has 2 rings (SSSR count). The van der Waals surface area contributed by atoms with Crippen LogP contribution in [0.1, 0.15) is 10.4 Å². The zero-order valence-electron chi connectivity index (χ0n) is 14.6. The van der Waals surface area contributed by atoms with Crippen molar-refractivity contribution in [1.82, 2.24) is 10.0 Å². The van der Waals surface area contributed by atoms with Crippen LogP contribution in [0, 0.1) is 0 Å². The molecular formula is C17H20N2O8. The Balaban J connectivity index is 1.78. The molecule has 10 nitrogen and oxygen atoms in total. The third kappa shape index (κ3) is 6.20. The van der Waals surface area contributed by atoms with Crippen molar-refractivity contribution in [2.45, 2.75) is 0 Å². The molecule has 1 aromatic heterocycles. The lowest BCUT2D eigenvalue weighted by molar-refractivity contribution is 0.0692. The summed E-state index contributed by atoms with van der Waals surface area (Å²) in [5, 5.41) is 21.5. The third-order valence-electron chi connectivity index (χ3n) is 3.24. The molecule has 146 valence electrons. The highest BCUT2D eigenvalue weighted by Gasteiger charge is 2.14. The molecule has 1 amide bonds. The number of aromatic nitrogens is 1. The molecule has 0 atom stereocenters. The van der Waals surface area contributed by atoms with Gasteiger partial charge in [0.15, 0.2) is 0 Å². The second-order valence-electron chi connectivity index (χ2n) is 5.17. The predicted molar refractivity (Wildman–Crippen MR) is 91.8 cm³/mol. The van der Waals surface area contributed by atoms with Gasteiger partial charge in [0.05, 0.1) is 19.8 Å². The van der Waals surface area contributed by atoms with Gasteiger partial charge in [-0.3, -0.25) is 9.63 Å². The van der Waals surface area contributed by atoms with Crippen molar-refractivity contribution >= 4 is 12.1 Å². The number of carbonyl (C=O) groups is 2. The van der Waals surface area contributed by atoms with Crippen molar-refractivity contribution in [3.63, 3.8) is 0 Å². The number of nitrogens with one attached hydrogen (secondary N) is 1. The Hall–Kier alpha value is -3.24. The average molecular weight is 380 g/mol. The lowest BCUT2D eigenvalue weighted by Gasteiger charge is -2.08. The maximum Gasteiger partial charge on any atom is 0.539 e. The lowest BCUT2D eigenvalue weighted by Crippen LogP contribution is -2.27. The Morgan fingerprint density at radius 1 is 1.00 bits per heavy atom. The molecule has 1 aromatic carbocycles. The Labute approximate surface area is 154 Å². The molecular weight excluding hydrogens is 360 g/mol. The Morgan fingerprint density at radius 2 is 1.67 bits per heavy atom. The van der Waals surface area contributed by atoms with Crippen LogP contribution < -0.4 is 14.9 Å². The molecule has 0 aliphatic heterocycles. The van der Waals surface area contributed by atoms with Crippen LogP contribution in [0.4, 0.5) is 4.79 Å². The average Bonchev–Trinajstić information content (AvgIpc) is 2.97. The van der Waals surface area contributed by atoms with E-state index < -0.39 is 17.9 Å². The number of aromatic hydroxyl groups is 2. The summed E-state index contributed by atoms with van der Waals surface area (Å²) >= 11 is 0. The SMILES string of the molecule is COCCOCCNC(=O)c1ccc(OC(=O)On2c(O)ccc2O)cc1. The zero-order valence-corrected chi connectivity index (χ0v) is 14.6. The molecule has 10 heteroatoms. The van der Waals surface area contributed by atoms with Gasteiger partial charge in [-0.05, 0) is 24.3 Å². The molecule has 1 heterocycles. The summed E-state index contributed by atoms with van der Waals surface area (Å²) < 4.78 is 15.5. The topological polar surface area (TPSA) is 128 Å². The molecule has 2 aromatic rings. The van der Waals surface area contributed by atoms with Crippen molar-refractivity contribution in [2.24, 2.45) is 0 Å². The molecule has 0 unspecified atom stereocenters. The minimum absolute atomic E-state index is 0.116. The largest absolute Gasteiger partial charge is 0.539 e. The molecule has 0 bridgehead atoms. The van der Waals surface area contributed by atoms with Crippen LogP contribution in [0.25, 0.3) is 0 Å². The molecule has 27 heavy (non-hydrogen) atoms. The van der Waals surface area contributed by atoms with E-state index in [1.165, 1.54) is 24.3 Å². The van der Waals surface area contributed by atoms with Crippen molar-refractivity contribution in [1.29, 1.82) is 0 Å². The Morgan fingerprint density at radius 3 is 2.30 bits per heavy atom. The summed E-state index contributed by atoms with van der Waals surface area (Å²) in [5.41, 5.74) is 0.369.